The van der Waals surface area contributed by atoms with Crippen molar-refractivity contribution in [3.63, 3.8) is 0 Å². The Morgan fingerprint density at radius 3 is 3.00 bits per heavy atom. The predicted molar refractivity (Wildman–Crippen MR) is 66.3 cm³/mol. The minimum absolute atomic E-state index is 0.255. The maximum Gasteiger partial charge on any atom is 0.322 e. The Balaban J connectivity index is 2.04. The van der Waals surface area contributed by atoms with Crippen LogP contribution in [0.15, 0.2) is 18.2 Å². The number of fused-ring (bicyclic) bond motifs is 1. The molecule has 1 heterocycles. The van der Waals surface area contributed by atoms with Gasteiger partial charge in [-0.2, -0.15) is 0 Å². The highest BCUT2D eigenvalue weighted by atomic mass is 16.5. The molecule has 0 spiro atoms. The summed E-state index contributed by atoms with van der Waals surface area (Å²) in [5.41, 5.74) is 0.890. The molecule has 0 saturated heterocycles. The van der Waals surface area contributed by atoms with Crippen LogP contribution in [0, 0.1) is 5.92 Å². The lowest BCUT2D eigenvalue weighted by Crippen LogP contribution is -2.39. The molecule has 1 aliphatic rings. The molecule has 19 heavy (non-hydrogen) atoms. The summed E-state index contributed by atoms with van der Waals surface area (Å²) >= 11 is 0. The number of carbonyl (C=O) groups is 2. The third-order valence-electron chi connectivity index (χ3n) is 2.96. The Morgan fingerprint density at radius 1 is 1.53 bits per heavy atom. The Morgan fingerprint density at radius 2 is 2.32 bits per heavy atom. The van der Waals surface area contributed by atoms with Gasteiger partial charge in [0.1, 0.15) is 24.7 Å². The summed E-state index contributed by atoms with van der Waals surface area (Å²) < 4.78 is 10.6. The van der Waals surface area contributed by atoms with Crippen LogP contribution in [0.1, 0.15) is 5.56 Å². The van der Waals surface area contributed by atoms with Crippen LogP contribution in [0.2, 0.25) is 0 Å². The van der Waals surface area contributed by atoms with Gasteiger partial charge in [0.15, 0.2) is 0 Å². The van der Waals surface area contributed by atoms with Crippen molar-refractivity contribution < 1.29 is 24.2 Å². The third kappa shape index (κ3) is 3.15. The van der Waals surface area contributed by atoms with Crippen LogP contribution < -0.4 is 14.8 Å². The first-order chi connectivity index (χ1) is 9.10. The minimum Gasteiger partial charge on any atom is -0.497 e. The highest BCUT2D eigenvalue weighted by molar-refractivity contribution is 5.83. The van der Waals surface area contributed by atoms with Crippen molar-refractivity contribution in [2.24, 2.45) is 5.92 Å². The lowest BCUT2D eigenvalue weighted by Gasteiger charge is -2.24. The van der Waals surface area contributed by atoms with Gasteiger partial charge < -0.3 is 19.9 Å². The molecule has 1 atom stereocenters. The largest absolute Gasteiger partial charge is 0.497 e. The number of nitrogens with one attached hydrogen (secondary N) is 1. The van der Waals surface area contributed by atoms with Crippen LogP contribution in [0.4, 0.5) is 0 Å². The van der Waals surface area contributed by atoms with Crippen LogP contribution in [-0.2, 0) is 16.0 Å². The summed E-state index contributed by atoms with van der Waals surface area (Å²) in [5.74, 6) is -0.306. The van der Waals surface area contributed by atoms with Crippen LogP contribution in [0.25, 0.3) is 0 Å². The molecule has 0 bridgehead atoms. The van der Waals surface area contributed by atoms with Crippen LogP contribution in [0.5, 0.6) is 11.5 Å². The molecule has 2 rings (SSSR count). The zero-order valence-electron chi connectivity index (χ0n) is 10.5. The molecule has 0 radical (unpaired) electrons. The van der Waals surface area contributed by atoms with Crippen molar-refractivity contribution in [2.75, 3.05) is 20.3 Å². The van der Waals surface area contributed by atoms with Crippen LogP contribution in [-0.4, -0.2) is 37.2 Å². The van der Waals surface area contributed by atoms with Gasteiger partial charge in [-0.3, -0.25) is 9.59 Å². The fourth-order valence-electron chi connectivity index (χ4n) is 1.97. The summed E-state index contributed by atoms with van der Waals surface area (Å²) in [6.07, 6.45) is 0.512. The van der Waals surface area contributed by atoms with E-state index >= 15 is 0 Å². The van der Waals surface area contributed by atoms with E-state index < -0.39 is 5.97 Å². The highest BCUT2D eigenvalue weighted by Crippen LogP contribution is 2.30. The van der Waals surface area contributed by atoms with Crippen molar-refractivity contribution >= 4 is 11.9 Å². The summed E-state index contributed by atoms with van der Waals surface area (Å²) in [6.45, 7) is -0.120. The van der Waals surface area contributed by atoms with Gasteiger partial charge in [0.25, 0.3) is 0 Å². The van der Waals surface area contributed by atoms with Crippen molar-refractivity contribution in [3.8, 4) is 11.5 Å². The summed E-state index contributed by atoms with van der Waals surface area (Å²) in [4.78, 5) is 22.2. The maximum atomic E-state index is 11.8. The standard InChI is InChI=1S/C13H15NO5/c1-18-10-2-3-11-8(5-10)4-9(7-19-11)13(17)14-6-12(15)16/h2-3,5,9H,4,6-7H2,1H3,(H,14,17)(H,15,16). The van der Waals surface area contributed by atoms with Crippen LogP contribution >= 0.6 is 0 Å². The van der Waals surface area contributed by atoms with Gasteiger partial charge in [-0.25, -0.2) is 0 Å². The van der Waals surface area contributed by atoms with E-state index in [9.17, 15) is 9.59 Å². The van der Waals surface area contributed by atoms with Gasteiger partial charge in [0.2, 0.25) is 5.91 Å². The zero-order chi connectivity index (χ0) is 13.8. The summed E-state index contributed by atoms with van der Waals surface area (Å²) in [7, 11) is 1.57. The van der Waals surface area contributed by atoms with Crippen molar-refractivity contribution in [2.45, 2.75) is 6.42 Å². The van der Waals surface area contributed by atoms with Crippen molar-refractivity contribution in [1.29, 1.82) is 0 Å². The van der Waals surface area contributed by atoms with E-state index in [1.165, 1.54) is 0 Å². The molecule has 1 aromatic carbocycles. The fourth-order valence-corrected chi connectivity index (χ4v) is 1.97. The van der Waals surface area contributed by atoms with Gasteiger partial charge in [-0.1, -0.05) is 0 Å². The van der Waals surface area contributed by atoms with Crippen LogP contribution in [0.3, 0.4) is 0 Å². The molecule has 1 unspecified atom stereocenters. The lowest BCUT2D eigenvalue weighted by atomic mass is 9.96. The molecule has 0 fully saturated rings. The average Bonchev–Trinajstić information content (AvgIpc) is 2.43. The smallest absolute Gasteiger partial charge is 0.322 e. The second-order valence-corrected chi connectivity index (χ2v) is 4.30. The second kappa shape index (κ2) is 5.60. The number of methoxy groups -OCH3 is 1. The van der Waals surface area contributed by atoms with Crippen molar-refractivity contribution in [3.05, 3.63) is 23.8 Å². The predicted octanol–water partition coefficient (Wildman–Crippen LogP) is 0.447. The van der Waals surface area contributed by atoms with Crippen molar-refractivity contribution in [1.82, 2.24) is 5.32 Å². The van der Waals surface area contributed by atoms with Gasteiger partial charge in [0.05, 0.1) is 13.0 Å². The van der Waals surface area contributed by atoms with E-state index in [-0.39, 0.29) is 25.0 Å². The lowest BCUT2D eigenvalue weighted by molar-refractivity contribution is -0.138. The van der Waals surface area contributed by atoms with E-state index in [1.807, 2.05) is 6.07 Å². The Bertz CT molecular complexity index is 500. The summed E-state index contributed by atoms with van der Waals surface area (Å²) in [6, 6.07) is 5.43. The Hall–Kier alpha value is -2.24. The number of rotatable bonds is 4. The van der Waals surface area contributed by atoms with E-state index in [0.717, 1.165) is 11.3 Å². The highest BCUT2D eigenvalue weighted by Gasteiger charge is 2.26. The normalized spacial score (nSPS) is 17.0. The number of hydrogen-bond donors (Lipinski definition) is 2. The van der Waals surface area contributed by atoms with Gasteiger partial charge in [0, 0.05) is 0 Å². The third-order valence-corrected chi connectivity index (χ3v) is 2.96. The molecule has 0 aromatic heterocycles. The average molecular weight is 265 g/mol. The fraction of sp³-hybridized carbons (Fsp3) is 0.385. The first-order valence-electron chi connectivity index (χ1n) is 5.89. The molecule has 6 heteroatoms. The SMILES string of the molecule is COc1ccc2c(c1)CC(C(=O)NCC(=O)O)CO2. The number of hydrogen-bond acceptors (Lipinski definition) is 4. The number of amides is 1. The Kier molecular flexibility index (Phi) is 3.89. The van der Waals surface area contributed by atoms with Gasteiger partial charge in [-0.15, -0.1) is 0 Å². The molecule has 1 aliphatic heterocycles. The maximum absolute atomic E-state index is 11.8. The first-order valence-corrected chi connectivity index (χ1v) is 5.89. The molecular formula is C13H15NO5. The van der Waals surface area contributed by atoms with E-state index in [0.29, 0.717) is 12.2 Å². The molecule has 0 aliphatic carbocycles. The number of carboxylic acids is 1. The number of carboxylic acid groups (broad SMARTS) is 1. The molecule has 1 amide bonds. The molecule has 1 aromatic rings. The monoisotopic (exact) mass is 265 g/mol. The van der Waals surface area contributed by atoms with E-state index in [2.05, 4.69) is 5.32 Å². The molecule has 0 saturated carbocycles. The second-order valence-electron chi connectivity index (χ2n) is 4.30. The minimum atomic E-state index is -1.06. The Labute approximate surface area is 110 Å². The van der Waals surface area contributed by atoms with E-state index in [4.69, 9.17) is 14.6 Å². The molecule has 102 valence electrons. The molecule has 6 nitrogen and oxygen atoms in total. The van der Waals surface area contributed by atoms with E-state index in [1.54, 1.807) is 19.2 Å². The number of aliphatic carboxylic acids is 1. The van der Waals surface area contributed by atoms with Gasteiger partial charge >= 0.3 is 5.97 Å². The zero-order valence-corrected chi connectivity index (χ0v) is 10.5. The molecular weight excluding hydrogens is 250 g/mol. The number of ether oxygens (including phenoxy) is 2. The molecule has 2 N–H and O–H groups in total. The quantitative estimate of drug-likeness (QED) is 0.825. The number of benzene rings is 1. The topological polar surface area (TPSA) is 84.9 Å². The summed E-state index contributed by atoms with van der Waals surface area (Å²) in [5, 5.41) is 10.9. The number of carbonyl (C=O) groups excluding carboxylic acids is 1. The van der Waals surface area contributed by atoms with Gasteiger partial charge in [-0.05, 0) is 30.2 Å². The first kappa shape index (κ1) is 13.2.